The Labute approximate surface area is 356 Å². The minimum Gasteiger partial charge on any atom is -0.313 e. The van der Waals surface area contributed by atoms with Gasteiger partial charge in [0.2, 0.25) is 0 Å². The van der Waals surface area contributed by atoms with Gasteiger partial charge in [0.05, 0.1) is 27.9 Å². The van der Waals surface area contributed by atoms with Crippen LogP contribution in [0.25, 0.3) is 74.1 Å². The van der Waals surface area contributed by atoms with E-state index in [1.165, 1.54) is 66.5 Å². The molecule has 0 radical (unpaired) electrons. The highest BCUT2D eigenvalue weighted by Crippen LogP contribution is 2.40. The molecule has 0 spiro atoms. The van der Waals surface area contributed by atoms with Crippen LogP contribution >= 0.6 is 0 Å². The summed E-state index contributed by atoms with van der Waals surface area (Å²) in [4.78, 5) is 2.37. The van der Waals surface area contributed by atoms with Crippen LogP contribution in [0.1, 0.15) is 40.2 Å². The van der Waals surface area contributed by atoms with Gasteiger partial charge in [0.25, 0.3) is 0 Å². The number of rotatable bonds is 8. The molecule has 0 saturated heterocycles. The number of hydrogen-bond donors (Lipinski definition) is 0. The SMILES string of the molecule is C=C/C=C\c1c(C)n(-c2ccc(N(c3ccc(-n4c5c(c6ccccc64)C=CCC=C5)cc3)c3ccc(-n4c5c(c6ccccc64)CC=CC=C5)cc3)cc2)c2ccccc12. The molecule has 0 bridgehead atoms. The third-order valence-electron chi connectivity index (χ3n) is 12.3. The van der Waals surface area contributed by atoms with E-state index in [0.717, 1.165) is 47.0 Å². The highest BCUT2D eigenvalue weighted by molar-refractivity contribution is 5.97. The van der Waals surface area contributed by atoms with Gasteiger partial charge in [-0.15, -0.1) is 0 Å². The molecule has 0 fully saturated rings. The van der Waals surface area contributed by atoms with E-state index in [2.05, 4.69) is 232 Å². The molecule has 0 N–H and O–H groups in total. The largest absolute Gasteiger partial charge is 0.313 e. The zero-order valence-corrected chi connectivity index (χ0v) is 34.1. The van der Waals surface area contributed by atoms with Gasteiger partial charge in [-0.2, -0.15) is 0 Å². The average molecular weight is 785 g/mol. The maximum Gasteiger partial charge on any atom is 0.0541 e. The molecule has 0 atom stereocenters. The molecule has 4 nitrogen and oxygen atoms in total. The van der Waals surface area contributed by atoms with E-state index in [1.807, 2.05) is 12.2 Å². The minimum atomic E-state index is 0.910. The van der Waals surface area contributed by atoms with Gasteiger partial charge in [0.1, 0.15) is 0 Å². The Morgan fingerprint density at radius 3 is 1.67 bits per heavy atom. The van der Waals surface area contributed by atoms with Gasteiger partial charge in [-0.05, 0) is 128 Å². The Hall–Kier alpha value is -7.82. The number of nitrogens with zero attached hydrogens (tertiary/aromatic N) is 4. The van der Waals surface area contributed by atoms with Gasteiger partial charge < -0.3 is 18.6 Å². The van der Waals surface area contributed by atoms with Gasteiger partial charge in [0.15, 0.2) is 0 Å². The fourth-order valence-electron chi connectivity index (χ4n) is 9.55. The van der Waals surface area contributed by atoms with Crippen molar-refractivity contribution in [2.24, 2.45) is 0 Å². The predicted octanol–water partition coefficient (Wildman–Crippen LogP) is 15.1. The highest BCUT2D eigenvalue weighted by Gasteiger charge is 2.21. The summed E-state index contributed by atoms with van der Waals surface area (Å²) >= 11 is 0. The average Bonchev–Trinajstić information content (AvgIpc) is 3.68. The summed E-state index contributed by atoms with van der Waals surface area (Å²) in [7, 11) is 0. The summed E-state index contributed by atoms with van der Waals surface area (Å²) in [6.45, 7) is 6.11. The Bertz CT molecular complexity index is 3300. The maximum atomic E-state index is 3.92. The first-order valence-electron chi connectivity index (χ1n) is 21.1. The van der Waals surface area contributed by atoms with E-state index >= 15 is 0 Å². The lowest BCUT2D eigenvalue weighted by atomic mass is 10.1. The van der Waals surface area contributed by atoms with Gasteiger partial charge in [0, 0.05) is 67.1 Å². The van der Waals surface area contributed by atoms with Crippen molar-refractivity contribution < 1.29 is 0 Å². The van der Waals surface area contributed by atoms with E-state index in [-0.39, 0.29) is 0 Å². The molecule has 11 rings (SSSR count). The van der Waals surface area contributed by atoms with Crippen LogP contribution in [0.4, 0.5) is 17.1 Å². The first-order valence-corrected chi connectivity index (χ1v) is 21.1. The summed E-state index contributed by atoms with van der Waals surface area (Å²) in [5.74, 6) is 0. The number of fused-ring (bicyclic) bond motifs is 7. The Kier molecular flexibility index (Phi) is 8.97. The third-order valence-corrected chi connectivity index (χ3v) is 12.3. The van der Waals surface area contributed by atoms with Crippen molar-refractivity contribution in [3.63, 3.8) is 0 Å². The van der Waals surface area contributed by atoms with Crippen molar-refractivity contribution in [1.29, 1.82) is 0 Å². The lowest BCUT2D eigenvalue weighted by molar-refractivity contribution is 1.05. The summed E-state index contributed by atoms with van der Waals surface area (Å²) in [6, 6.07) is 53.2. The maximum absolute atomic E-state index is 3.92. The number of aromatic nitrogens is 3. The molecule has 2 aliphatic carbocycles. The van der Waals surface area contributed by atoms with Crippen molar-refractivity contribution in [3.05, 3.63) is 228 Å². The second-order valence-corrected chi connectivity index (χ2v) is 15.7. The van der Waals surface area contributed by atoms with E-state index in [1.54, 1.807) is 0 Å². The van der Waals surface area contributed by atoms with Crippen molar-refractivity contribution >= 4 is 74.1 Å². The predicted molar refractivity (Wildman–Crippen MR) is 260 cm³/mol. The first-order chi connectivity index (χ1) is 30.2. The quantitative estimate of drug-likeness (QED) is 0.140. The van der Waals surface area contributed by atoms with E-state index in [0.29, 0.717) is 0 Å². The van der Waals surface area contributed by atoms with Crippen LogP contribution in [0.5, 0.6) is 0 Å². The monoisotopic (exact) mass is 784 g/mol. The molecule has 9 aromatic rings. The molecule has 2 aliphatic rings. The third kappa shape index (κ3) is 6.07. The first kappa shape index (κ1) is 36.3. The second-order valence-electron chi connectivity index (χ2n) is 15.7. The second kappa shape index (κ2) is 15.1. The Morgan fingerprint density at radius 1 is 0.508 bits per heavy atom. The molecule has 4 heteroatoms. The summed E-state index contributed by atoms with van der Waals surface area (Å²) in [5.41, 5.74) is 17.7. The van der Waals surface area contributed by atoms with Crippen molar-refractivity contribution in [1.82, 2.24) is 13.7 Å². The molecule has 0 saturated carbocycles. The number of allylic oxidation sites excluding steroid dienone is 7. The standard InChI is InChI=1S/C57H44N4/c1-3-4-17-47-40(2)58(53-25-14-11-20-48(47)53)41-28-30-42(31-29-41)59(43-32-36-45(37-33-43)60-54-23-9-5-7-18-49(54)51-21-12-15-26-56(51)60)44-34-38-46(39-35-44)61-55-24-10-6-8-19-50(55)52-22-13-16-27-57(52)61/h3-5,7-17,19-39H,1,6,18H2,2H3/b17-4-. The van der Waals surface area contributed by atoms with Crippen LogP contribution in [0.3, 0.4) is 0 Å². The van der Waals surface area contributed by atoms with E-state index < -0.39 is 0 Å². The van der Waals surface area contributed by atoms with Gasteiger partial charge in [-0.3, -0.25) is 0 Å². The molecule has 61 heavy (non-hydrogen) atoms. The van der Waals surface area contributed by atoms with Gasteiger partial charge >= 0.3 is 0 Å². The fourth-order valence-corrected chi connectivity index (χ4v) is 9.55. The molecular formula is C57H44N4. The number of benzene rings is 6. The van der Waals surface area contributed by atoms with Crippen molar-refractivity contribution in [2.45, 2.75) is 19.8 Å². The van der Waals surface area contributed by atoms with Gasteiger partial charge in [-0.1, -0.05) is 116 Å². The smallest absolute Gasteiger partial charge is 0.0541 e. The van der Waals surface area contributed by atoms with Crippen molar-refractivity contribution in [2.75, 3.05) is 4.90 Å². The van der Waals surface area contributed by atoms with E-state index in [4.69, 9.17) is 0 Å². The van der Waals surface area contributed by atoms with E-state index in [9.17, 15) is 0 Å². The lowest BCUT2D eigenvalue weighted by Crippen LogP contribution is -2.11. The van der Waals surface area contributed by atoms with Crippen molar-refractivity contribution in [3.8, 4) is 17.1 Å². The summed E-state index contributed by atoms with van der Waals surface area (Å²) in [6.07, 6.45) is 25.7. The summed E-state index contributed by atoms with van der Waals surface area (Å²) < 4.78 is 7.16. The number of anilines is 3. The highest BCUT2D eigenvalue weighted by atomic mass is 15.1. The molecule has 6 aromatic carbocycles. The van der Waals surface area contributed by atoms with Crippen LogP contribution in [-0.2, 0) is 6.42 Å². The van der Waals surface area contributed by atoms with Gasteiger partial charge in [-0.25, -0.2) is 0 Å². The van der Waals surface area contributed by atoms with Crippen LogP contribution in [0.2, 0.25) is 0 Å². The normalized spacial score (nSPS) is 13.3. The Morgan fingerprint density at radius 2 is 1.03 bits per heavy atom. The molecule has 0 amide bonds. The topological polar surface area (TPSA) is 18.0 Å². The minimum absolute atomic E-state index is 0.910. The van der Waals surface area contributed by atoms with Crippen LogP contribution in [0.15, 0.2) is 195 Å². The fraction of sp³-hybridized carbons (Fsp3) is 0.0526. The molecule has 0 aliphatic heterocycles. The molecule has 292 valence electrons. The lowest BCUT2D eigenvalue weighted by Gasteiger charge is -2.26. The molecule has 0 unspecified atom stereocenters. The van der Waals surface area contributed by atoms with Crippen LogP contribution in [0, 0.1) is 6.92 Å². The number of hydrogen-bond acceptors (Lipinski definition) is 1. The van der Waals surface area contributed by atoms with Crippen LogP contribution < -0.4 is 4.90 Å². The summed E-state index contributed by atoms with van der Waals surface area (Å²) in [5, 5.41) is 3.79. The molecule has 3 aromatic heterocycles. The molecule has 3 heterocycles. The zero-order chi connectivity index (χ0) is 40.9. The Balaban J connectivity index is 1.03. The number of para-hydroxylation sites is 3. The molecular weight excluding hydrogens is 741 g/mol. The zero-order valence-electron chi connectivity index (χ0n) is 34.1. The van der Waals surface area contributed by atoms with Crippen LogP contribution in [-0.4, -0.2) is 13.7 Å².